The Morgan fingerprint density at radius 2 is 2.10 bits per heavy atom. The van der Waals surface area contributed by atoms with Gasteiger partial charge >= 0.3 is 0 Å². The SMILES string of the molecule is O=S(=O)(Nc1ccncc1F)c1cncc(C#CCO)c1. The number of aliphatic hydroxyl groups excluding tert-OH is 1. The number of hydrogen-bond donors (Lipinski definition) is 2. The van der Waals surface area contributed by atoms with E-state index in [1.165, 1.54) is 24.5 Å². The van der Waals surface area contributed by atoms with Crippen molar-refractivity contribution in [1.82, 2.24) is 9.97 Å². The summed E-state index contributed by atoms with van der Waals surface area (Å²) in [6.07, 6.45) is 4.64. The minimum absolute atomic E-state index is 0.163. The van der Waals surface area contributed by atoms with Gasteiger partial charge in [0.25, 0.3) is 10.0 Å². The molecule has 2 aromatic heterocycles. The average Bonchev–Trinajstić information content (AvgIpc) is 2.48. The molecular weight excluding hydrogens is 297 g/mol. The van der Waals surface area contributed by atoms with Gasteiger partial charge in [-0.15, -0.1) is 0 Å². The molecule has 0 saturated heterocycles. The Labute approximate surface area is 120 Å². The molecule has 0 fully saturated rings. The summed E-state index contributed by atoms with van der Waals surface area (Å²) in [5.41, 5.74) is 0.110. The first kappa shape index (κ1) is 14.9. The highest BCUT2D eigenvalue weighted by Crippen LogP contribution is 2.17. The lowest BCUT2D eigenvalue weighted by Crippen LogP contribution is -2.14. The molecule has 6 nitrogen and oxygen atoms in total. The maximum atomic E-state index is 13.4. The van der Waals surface area contributed by atoms with Crippen LogP contribution in [-0.4, -0.2) is 30.1 Å². The van der Waals surface area contributed by atoms with E-state index in [4.69, 9.17) is 5.11 Å². The van der Waals surface area contributed by atoms with Crippen molar-refractivity contribution < 1.29 is 17.9 Å². The Morgan fingerprint density at radius 3 is 2.81 bits per heavy atom. The number of pyridine rings is 2. The standard InChI is InChI=1S/C13H10FN3O3S/c14-12-9-15-4-3-13(12)17-21(19,20)11-6-10(2-1-5-18)7-16-8-11/h3-4,6-9,18H,5H2,(H,15,17). The minimum Gasteiger partial charge on any atom is -0.384 e. The van der Waals surface area contributed by atoms with Crippen molar-refractivity contribution in [2.24, 2.45) is 0 Å². The molecule has 0 unspecified atom stereocenters. The van der Waals surface area contributed by atoms with Crippen LogP contribution in [-0.2, 0) is 10.0 Å². The van der Waals surface area contributed by atoms with Gasteiger partial charge in [0, 0.05) is 24.2 Å². The number of anilines is 1. The van der Waals surface area contributed by atoms with E-state index < -0.39 is 15.8 Å². The molecule has 0 saturated carbocycles. The smallest absolute Gasteiger partial charge is 0.263 e. The van der Waals surface area contributed by atoms with E-state index in [1.54, 1.807) is 0 Å². The van der Waals surface area contributed by atoms with Gasteiger partial charge in [-0.3, -0.25) is 14.7 Å². The molecule has 0 aliphatic rings. The zero-order valence-electron chi connectivity index (χ0n) is 10.6. The molecule has 0 aliphatic carbocycles. The third kappa shape index (κ3) is 3.75. The van der Waals surface area contributed by atoms with E-state index >= 15 is 0 Å². The van der Waals surface area contributed by atoms with Gasteiger partial charge in [-0.1, -0.05) is 11.8 Å². The van der Waals surface area contributed by atoms with Gasteiger partial charge < -0.3 is 5.11 Å². The summed E-state index contributed by atoms with van der Waals surface area (Å²) in [4.78, 5) is 7.13. The second-order valence-corrected chi connectivity index (χ2v) is 5.51. The third-order valence-corrected chi connectivity index (χ3v) is 3.68. The highest BCUT2D eigenvalue weighted by molar-refractivity contribution is 7.92. The largest absolute Gasteiger partial charge is 0.384 e. The molecule has 21 heavy (non-hydrogen) atoms. The fourth-order valence-corrected chi connectivity index (χ4v) is 2.49. The van der Waals surface area contributed by atoms with Crippen LogP contribution in [0.3, 0.4) is 0 Å². The summed E-state index contributed by atoms with van der Waals surface area (Å²) >= 11 is 0. The maximum absolute atomic E-state index is 13.4. The van der Waals surface area contributed by atoms with E-state index in [0.717, 1.165) is 12.4 Å². The second kappa shape index (κ2) is 6.30. The molecule has 2 aromatic rings. The molecule has 0 aliphatic heterocycles. The van der Waals surface area contributed by atoms with Crippen LogP contribution in [0.15, 0.2) is 41.8 Å². The van der Waals surface area contributed by atoms with Crippen molar-refractivity contribution in [1.29, 1.82) is 0 Å². The van der Waals surface area contributed by atoms with Gasteiger partial charge in [-0.05, 0) is 12.1 Å². The van der Waals surface area contributed by atoms with Crippen LogP contribution in [0.4, 0.5) is 10.1 Å². The molecule has 2 rings (SSSR count). The van der Waals surface area contributed by atoms with E-state index in [9.17, 15) is 12.8 Å². The predicted molar refractivity (Wildman–Crippen MR) is 73.2 cm³/mol. The molecule has 2 heterocycles. The fraction of sp³-hybridized carbons (Fsp3) is 0.0769. The normalized spacial score (nSPS) is 10.6. The number of hydrogen-bond acceptors (Lipinski definition) is 5. The van der Waals surface area contributed by atoms with Gasteiger partial charge in [0.05, 0.1) is 11.9 Å². The quantitative estimate of drug-likeness (QED) is 0.817. The first-order valence-electron chi connectivity index (χ1n) is 5.70. The van der Waals surface area contributed by atoms with Crippen LogP contribution in [0.25, 0.3) is 0 Å². The number of halogens is 1. The summed E-state index contributed by atoms with van der Waals surface area (Å²) in [5.74, 6) is 4.14. The number of aliphatic hydroxyl groups is 1. The molecule has 108 valence electrons. The predicted octanol–water partition coefficient (Wildman–Crippen LogP) is 0.760. The van der Waals surface area contributed by atoms with Gasteiger partial charge in [-0.25, -0.2) is 12.8 Å². The number of rotatable bonds is 3. The molecule has 0 amide bonds. The van der Waals surface area contributed by atoms with Crippen molar-refractivity contribution >= 4 is 15.7 Å². The zero-order valence-corrected chi connectivity index (χ0v) is 11.4. The first-order chi connectivity index (χ1) is 10.0. The van der Waals surface area contributed by atoms with Gasteiger partial charge in [0.15, 0.2) is 5.82 Å². The lowest BCUT2D eigenvalue weighted by Gasteiger charge is -2.08. The molecule has 0 spiro atoms. The van der Waals surface area contributed by atoms with Gasteiger partial charge in [-0.2, -0.15) is 0 Å². The fourth-order valence-electron chi connectivity index (χ4n) is 1.44. The highest BCUT2D eigenvalue weighted by Gasteiger charge is 2.17. The average molecular weight is 307 g/mol. The second-order valence-electron chi connectivity index (χ2n) is 3.83. The number of sulfonamides is 1. The molecule has 0 atom stereocenters. The van der Waals surface area contributed by atoms with Gasteiger partial charge in [0.1, 0.15) is 11.5 Å². The van der Waals surface area contributed by atoms with E-state index in [2.05, 4.69) is 26.5 Å². The number of nitrogens with zero attached hydrogens (tertiary/aromatic N) is 2. The number of aromatic nitrogens is 2. The monoisotopic (exact) mass is 307 g/mol. The Morgan fingerprint density at radius 1 is 1.29 bits per heavy atom. The molecule has 8 heteroatoms. The van der Waals surface area contributed by atoms with E-state index in [1.807, 2.05) is 0 Å². The summed E-state index contributed by atoms with van der Waals surface area (Å²) in [6, 6.07) is 2.48. The van der Waals surface area contributed by atoms with E-state index in [-0.39, 0.29) is 17.2 Å². The van der Waals surface area contributed by atoms with E-state index in [0.29, 0.717) is 5.56 Å². The lowest BCUT2D eigenvalue weighted by atomic mass is 10.3. The Bertz CT molecular complexity index is 813. The van der Waals surface area contributed by atoms with Crippen molar-refractivity contribution in [3.8, 4) is 11.8 Å². The van der Waals surface area contributed by atoms with Crippen molar-refractivity contribution in [3.05, 3.63) is 48.3 Å². The first-order valence-corrected chi connectivity index (χ1v) is 7.18. The highest BCUT2D eigenvalue weighted by atomic mass is 32.2. The Hall–Kier alpha value is -2.50. The Kier molecular flexibility index (Phi) is 4.47. The van der Waals surface area contributed by atoms with Crippen LogP contribution < -0.4 is 4.72 Å². The van der Waals surface area contributed by atoms with Gasteiger partial charge in [0.2, 0.25) is 0 Å². The molecule has 0 aromatic carbocycles. The maximum Gasteiger partial charge on any atom is 0.263 e. The van der Waals surface area contributed by atoms with Crippen LogP contribution in [0.5, 0.6) is 0 Å². The Balaban J connectivity index is 2.34. The van der Waals surface area contributed by atoms with Crippen molar-refractivity contribution in [2.75, 3.05) is 11.3 Å². The summed E-state index contributed by atoms with van der Waals surface area (Å²) < 4.78 is 39.8. The van der Waals surface area contributed by atoms with Crippen LogP contribution >= 0.6 is 0 Å². The number of nitrogens with one attached hydrogen (secondary N) is 1. The zero-order chi connectivity index (χ0) is 15.3. The van der Waals surface area contributed by atoms with Crippen molar-refractivity contribution in [2.45, 2.75) is 4.90 Å². The topological polar surface area (TPSA) is 92.2 Å². The summed E-state index contributed by atoms with van der Waals surface area (Å²) in [7, 11) is -3.99. The molecule has 0 bridgehead atoms. The van der Waals surface area contributed by atoms with Crippen molar-refractivity contribution in [3.63, 3.8) is 0 Å². The third-order valence-electron chi connectivity index (χ3n) is 2.35. The molecular formula is C13H10FN3O3S. The van der Waals surface area contributed by atoms with Crippen LogP contribution in [0, 0.1) is 17.7 Å². The summed E-state index contributed by atoms with van der Waals surface area (Å²) in [5, 5.41) is 8.61. The lowest BCUT2D eigenvalue weighted by molar-refractivity contribution is 0.350. The van der Waals surface area contributed by atoms with Crippen LogP contribution in [0.1, 0.15) is 5.56 Å². The minimum atomic E-state index is -3.99. The molecule has 2 N–H and O–H groups in total. The summed E-state index contributed by atoms with van der Waals surface area (Å²) in [6.45, 7) is -0.350. The molecule has 0 radical (unpaired) electrons. The van der Waals surface area contributed by atoms with Crippen LogP contribution in [0.2, 0.25) is 0 Å².